The van der Waals surface area contributed by atoms with Crippen molar-refractivity contribution in [1.29, 1.82) is 0 Å². The van der Waals surface area contributed by atoms with Crippen LogP contribution in [-0.2, 0) is 0 Å². The molecule has 0 fully saturated rings. The van der Waals surface area contributed by atoms with E-state index in [2.05, 4.69) is 32.3 Å². The van der Waals surface area contributed by atoms with Gasteiger partial charge in [-0.25, -0.2) is 0 Å². The van der Waals surface area contributed by atoms with Crippen LogP contribution in [0.15, 0.2) is 12.3 Å². The van der Waals surface area contributed by atoms with Gasteiger partial charge in [0.2, 0.25) is 0 Å². The quantitative estimate of drug-likeness (QED) is 0.429. The zero-order valence-electron chi connectivity index (χ0n) is 12.0. The monoisotopic (exact) mass is 241 g/mol. The van der Waals surface area contributed by atoms with Crippen LogP contribution in [0.4, 0.5) is 0 Å². The third-order valence-electron chi connectivity index (χ3n) is 3.37. The van der Waals surface area contributed by atoms with Gasteiger partial charge in [-0.15, -0.1) is 0 Å². The summed E-state index contributed by atoms with van der Waals surface area (Å²) in [5, 5.41) is 9.31. The van der Waals surface area contributed by atoms with Gasteiger partial charge in [0.25, 0.3) is 0 Å². The lowest BCUT2D eigenvalue weighted by molar-refractivity contribution is 0.231. The van der Waals surface area contributed by atoms with Gasteiger partial charge in [0.1, 0.15) is 0 Å². The molecule has 102 valence electrons. The summed E-state index contributed by atoms with van der Waals surface area (Å²) in [5.74, 6) is 1.07. The number of aliphatic hydroxyl groups excluding tert-OH is 1. The van der Waals surface area contributed by atoms with Crippen molar-refractivity contribution < 1.29 is 5.11 Å². The van der Waals surface area contributed by atoms with Gasteiger partial charge < -0.3 is 5.11 Å². The molecule has 1 N–H and O–H groups in total. The Morgan fingerprint density at radius 2 is 1.88 bits per heavy atom. The van der Waals surface area contributed by atoms with Crippen molar-refractivity contribution in [3.63, 3.8) is 0 Å². The van der Waals surface area contributed by atoms with Gasteiger partial charge >= 0.3 is 0 Å². The first-order chi connectivity index (χ1) is 8.10. The molecule has 1 atom stereocenters. The van der Waals surface area contributed by atoms with E-state index < -0.39 is 0 Å². The summed E-state index contributed by atoms with van der Waals surface area (Å²) in [5.41, 5.74) is 0. The lowest BCUT2D eigenvalue weighted by Gasteiger charge is -2.23. The predicted molar refractivity (Wildman–Crippen MR) is 76.4 cm³/mol. The van der Waals surface area contributed by atoms with Crippen molar-refractivity contribution in [2.45, 2.75) is 59.3 Å². The van der Waals surface area contributed by atoms with E-state index in [-0.39, 0.29) is 0 Å². The van der Waals surface area contributed by atoms with Crippen molar-refractivity contribution in [1.82, 2.24) is 4.90 Å². The second-order valence-corrected chi connectivity index (χ2v) is 5.21. The fraction of sp³-hybridized carbons (Fsp3) is 0.867. The zero-order chi connectivity index (χ0) is 13.1. The van der Waals surface area contributed by atoms with Crippen LogP contribution in [0, 0.1) is 5.92 Å². The van der Waals surface area contributed by atoms with E-state index in [1.807, 2.05) is 0 Å². The molecule has 0 bridgehead atoms. The Morgan fingerprint density at radius 1 is 1.18 bits per heavy atom. The topological polar surface area (TPSA) is 23.5 Å². The number of hydrogen-bond donors (Lipinski definition) is 1. The van der Waals surface area contributed by atoms with Gasteiger partial charge in [0, 0.05) is 0 Å². The van der Waals surface area contributed by atoms with Gasteiger partial charge in [-0.3, -0.25) is 4.90 Å². The summed E-state index contributed by atoms with van der Waals surface area (Å²) in [6.07, 6.45) is 7.59. The molecule has 0 aromatic heterocycles. The van der Waals surface area contributed by atoms with E-state index in [0.717, 1.165) is 19.0 Å². The molecule has 0 saturated heterocycles. The van der Waals surface area contributed by atoms with E-state index in [1.54, 1.807) is 0 Å². The summed E-state index contributed by atoms with van der Waals surface area (Å²) in [6.45, 7) is 13.2. The molecule has 0 aliphatic carbocycles. The van der Waals surface area contributed by atoms with Gasteiger partial charge in [0.15, 0.2) is 0 Å². The highest BCUT2D eigenvalue weighted by Gasteiger charge is 2.08. The molecule has 0 rings (SSSR count). The van der Waals surface area contributed by atoms with E-state index in [1.165, 1.54) is 38.5 Å². The first kappa shape index (κ1) is 16.5. The normalized spacial score (nSPS) is 12.9. The highest BCUT2D eigenvalue weighted by molar-refractivity contribution is 4.83. The zero-order valence-corrected chi connectivity index (χ0v) is 12.0. The van der Waals surface area contributed by atoms with E-state index in [9.17, 15) is 5.11 Å². The van der Waals surface area contributed by atoms with Crippen LogP contribution in [0.2, 0.25) is 0 Å². The average Bonchev–Trinajstić information content (AvgIpc) is 2.30. The van der Waals surface area contributed by atoms with Crippen molar-refractivity contribution in [2.24, 2.45) is 5.92 Å². The summed E-state index contributed by atoms with van der Waals surface area (Å²) >= 11 is 0. The lowest BCUT2D eigenvalue weighted by Crippen LogP contribution is -2.29. The van der Waals surface area contributed by atoms with Crippen molar-refractivity contribution >= 4 is 0 Å². The first-order valence-electron chi connectivity index (χ1n) is 7.19. The van der Waals surface area contributed by atoms with Gasteiger partial charge in [-0.1, -0.05) is 53.0 Å². The number of unbranched alkanes of at least 4 members (excludes halogenated alkanes) is 3. The Balaban J connectivity index is 3.83. The Bertz CT molecular complexity index is 191. The van der Waals surface area contributed by atoms with Crippen LogP contribution in [0.5, 0.6) is 0 Å². The molecule has 0 aromatic carbocycles. The molecule has 0 aliphatic heterocycles. The fourth-order valence-electron chi connectivity index (χ4n) is 1.90. The molecule has 0 spiro atoms. The molecule has 2 nitrogen and oxygen atoms in total. The molecule has 0 aliphatic rings. The molecular weight excluding hydrogens is 210 g/mol. The van der Waals surface area contributed by atoms with Gasteiger partial charge in [-0.2, -0.15) is 0 Å². The summed E-state index contributed by atoms with van der Waals surface area (Å²) in [6, 6.07) is 0. The fourth-order valence-corrected chi connectivity index (χ4v) is 1.90. The number of rotatable bonds is 11. The molecular formula is C15H31NO. The maximum Gasteiger partial charge on any atom is 0.0991 e. The molecule has 0 amide bonds. The first-order valence-corrected chi connectivity index (χ1v) is 7.19. The minimum absolute atomic E-state index is 0.296. The second kappa shape index (κ2) is 10.6. The molecule has 0 radical (unpaired) electrons. The summed E-state index contributed by atoms with van der Waals surface area (Å²) < 4.78 is 0. The van der Waals surface area contributed by atoms with Crippen LogP contribution >= 0.6 is 0 Å². The number of aliphatic hydroxyl groups is 1. The van der Waals surface area contributed by atoms with E-state index in [0.29, 0.717) is 12.3 Å². The number of hydrogen-bond acceptors (Lipinski definition) is 2. The third-order valence-corrected chi connectivity index (χ3v) is 3.37. The van der Waals surface area contributed by atoms with Crippen LogP contribution in [-0.4, -0.2) is 29.6 Å². The highest BCUT2D eigenvalue weighted by Crippen LogP contribution is 2.09. The Hall–Kier alpha value is -0.500. The van der Waals surface area contributed by atoms with E-state index in [4.69, 9.17) is 0 Å². The van der Waals surface area contributed by atoms with Crippen LogP contribution in [0.3, 0.4) is 0 Å². The molecule has 0 saturated carbocycles. The van der Waals surface area contributed by atoms with Crippen LogP contribution in [0.25, 0.3) is 0 Å². The summed E-state index contributed by atoms with van der Waals surface area (Å²) in [7, 11) is 0. The maximum absolute atomic E-state index is 9.31. The van der Waals surface area contributed by atoms with E-state index >= 15 is 0 Å². The van der Waals surface area contributed by atoms with Crippen LogP contribution in [0.1, 0.15) is 59.3 Å². The predicted octanol–water partition coefficient (Wildman–Crippen LogP) is 4.38. The number of nitrogens with zero attached hydrogens (tertiary/aromatic N) is 1. The molecule has 2 heteroatoms. The minimum atomic E-state index is 0.296. The maximum atomic E-state index is 9.31. The Morgan fingerprint density at radius 3 is 2.41 bits per heavy atom. The Labute approximate surface area is 108 Å². The van der Waals surface area contributed by atoms with Crippen molar-refractivity contribution in [3.8, 4) is 0 Å². The molecule has 0 aromatic rings. The largest absolute Gasteiger partial charge is 0.512 e. The van der Waals surface area contributed by atoms with Gasteiger partial charge in [0.05, 0.1) is 12.3 Å². The lowest BCUT2D eigenvalue weighted by atomic mass is 10.0. The second-order valence-electron chi connectivity index (χ2n) is 5.21. The van der Waals surface area contributed by atoms with Crippen molar-refractivity contribution in [2.75, 3.05) is 19.6 Å². The van der Waals surface area contributed by atoms with Crippen LogP contribution < -0.4 is 0 Å². The molecule has 0 unspecified atom stereocenters. The van der Waals surface area contributed by atoms with Crippen molar-refractivity contribution in [3.05, 3.63) is 12.3 Å². The average molecular weight is 241 g/mol. The molecule has 0 heterocycles. The molecule has 17 heavy (non-hydrogen) atoms. The third kappa shape index (κ3) is 10.4. The smallest absolute Gasteiger partial charge is 0.0991 e. The standard InChI is InChI=1S/C15H31NO/c1-5-7-8-9-11-16(13-15(4)17)12-10-14(3)6-2/h14,17H,4-13H2,1-3H3/t14-/m1/s1. The SMILES string of the molecule is C=C(O)CN(CCCCCC)CC[C@H](C)CC. The minimum Gasteiger partial charge on any atom is -0.512 e. The Kier molecular flexibility index (Phi) is 10.3. The summed E-state index contributed by atoms with van der Waals surface area (Å²) in [4.78, 5) is 2.34. The van der Waals surface area contributed by atoms with Gasteiger partial charge in [-0.05, 0) is 31.8 Å². The highest BCUT2D eigenvalue weighted by atomic mass is 16.3.